The van der Waals surface area contributed by atoms with Crippen molar-refractivity contribution in [2.75, 3.05) is 25.5 Å². The number of aromatic nitrogens is 2. The molecule has 0 spiro atoms. The number of likely N-dealkylation sites (tertiary alicyclic amines) is 1. The van der Waals surface area contributed by atoms with Crippen molar-refractivity contribution in [3.63, 3.8) is 0 Å². The summed E-state index contributed by atoms with van der Waals surface area (Å²) in [5.74, 6) is -2.82. The molecule has 1 atom stereocenters. The number of carbonyl (C=O) groups is 1. The van der Waals surface area contributed by atoms with Crippen molar-refractivity contribution >= 4 is 23.2 Å². The summed E-state index contributed by atoms with van der Waals surface area (Å²) >= 11 is 0. The van der Waals surface area contributed by atoms with E-state index in [-0.39, 0.29) is 11.3 Å². The predicted octanol–water partition coefficient (Wildman–Crippen LogP) is 3.91. The number of aliphatic carboxylic acids is 1. The van der Waals surface area contributed by atoms with Gasteiger partial charge in [0.2, 0.25) is 5.65 Å². The molecule has 0 aliphatic carbocycles. The number of carboxylic acid groups (broad SMARTS) is 1. The molecule has 0 unspecified atom stereocenters. The van der Waals surface area contributed by atoms with Crippen molar-refractivity contribution in [3.8, 4) is 23.1 Å². The number of aryl methyl sites for hydroxylation is 1. The summed E-state index contributed by atoms with van der Waals surface area (Å²) in [6.45, 7) is 3.93. The molecule has 12 heteroatoms. The molecule has 34 heavy (non-hydrogen) atoms. The maximum Gasteiger partial charge on any atom is 0.490 e. The zero-order valence-corrected chi connectivity index (χ0v) is 18.3. The zero-order chi connectivity index (χ0) is 25.0. The number of phenols is 1. The third-order valence-electron chi connectivity index (χ3n) is 5.21. The molecule has 3 aromatic rings. The van der Waals surface area contributed by atoms with E-state index in [0.717, 1.165) is 31.5 Å². The van der Waals surface area contributed by atoms with E-state index in [2.05, 4.69) is 27.2 Å². The van der Waals surface area contributed by atoms with Crippen LogP contribution in [0.3, 0.4) is 0 Å². The molecule has 4 rings (SSSR count). The normalized spacial score (nSPS) is 16.4. The van der Waals surface area contributed by atoms with E-state index in [4.69, 9.17) is 19.6 Å². The molecular weight excluding hydrogens is 455 g/mol. The number of anilines is 1. The molecule has 9 nitrogen and oxygen atoms in total. The van der Waals surface area contributed by atoms with Crippen molar-refractivity contribution in [1.29, 1.82) is 5.26 Å². The number of hydrogen-bond acceptors (Lipinski definition) is 8. The van der Waals surface area contributed by atoms with Crippen molar-refractivity contribution in [3.05, 3.63) is 35.4 Å². The SMILES string of the molecule is Cc1ccc(C#N)c(O)c1-c1ccc2oc(N[C@@H]3CCCN(C)C3)nc2n1.O=C(O)C(F)(F)F. The van der Waals surface area contributed by atoms with Gasteiger partial charge in [-0.1, -0.05) is 6.07 Å². The maximum absolute atomic E-state index is 10.6. The van der Waals surface area contributed by atoms with Gasteiger partial charge in [0.05, 0.1) is 11.3 Å². The fourth-order valence-electron chi connectivity index (χ4n) is 3.58. The number of halogens is 3. The number of alkyl halides is 3. The summed E-state index contributed by atoms with van der Waals surface area (Å²) in [4.78, 5) is 20.2. The van der Waals surface area contributed by atoms with Gasteiger partial charge in [0.1, 0.15) is 11.8 Å². The highest BCUT2D eigenvalue weighted by Gasteiger charge is 2.38. The van der Waals surface area contributed by atoms with Gasteiger partial charge in [0.25, 0.3) is 6.01 Å². The number of hydrogen-bond donors (Lipinski definition) is 3. The summed E-state index contributed by atoms with van der Waals surface area (Å²) in [6.07, 6.45) is -2.86. The van der Waals surface area contributed by atoms with Crippen LogP contribution in [0, 0.1) is 18.3 Å². The lowest BCUT2D eigenvalue weighted by Gasteiger charge is -2.29. The first kappa shape index (κ1) is 24.8. The van der Waals surface area contributed by atoms with Gasteiger partial charge in [0.15, 0.2) is 5.58 Å². The molecule has 3 N–H and O–H groups in total. The third-order valence-corrected chi connectivity index (χ3v) is 5.21. The van der Waals surface area contributed by atoms with Crippen LogP contribution in [0.5, 0.6) is 5.75 Å². The van der Waals surface area contributed by atoms with Gasteiger partial charge in [-0.15, -0.1) is 0 Å². The van der Waals surface area contributed by atoms with Crippen LogP contribution in [-0.2, 0) is 4.79 Å². The van der Waals surface area contributed by atoms with Crippen molar-refractivity contribution < 1.29 is 32.6 Å². The Bertz CT molecular complexity index is 1240. The van der Waals surface area contributed by atoms with Gasteiger partial charge in [-0.05, 0) is 57.1 Å². The number of oxazole rings is 1. The molecule has 2 aromatic heterocycles. The Morgan fingerprint density at radius 2 is 2.00 bits per heavy atom. The van der Waals surface area contributed by atoms with Gasteiger partial charge in [-0.3, -0.25) is 0 Å². The number of piperidine rings is 1. The minimum atomic E-state index is -5.08. The van der Waals surface area contributed by atoms with Crippen LogP contribution in [0.4, 0.5) is 19.2 Å². The highest BCUT2D eigenvalue weighted by Crippen LogP contribution is 2.35. The Labute approximate surface area is 192 Å². The number of aromatic hydroxyl groups is 1. The summed E-state index contributed by atoms with van der Waals surface area (Å²) in [6, 6.07) is 9.73. The van der Waals surface area contributed by atoms with E-state index in [1.54, 1.807) is 24.3 Å². The summed E-state index contributed by atoms with van der Waals surface area (Å²) in [5, 5.41) is 30.1. The van der Waals surface area contributed by atoms with E-state index in [1.807, 2.05) is 13.0 Å². The number of nitrogens with zero attached hydrogens (tertiary/aromatic N) is 4. The lowest BCUT2D eigenvalue weighted by atomic mass is 10.0. The van der Waals surface area contributed by atoms with E-state index >= 15 is 0 Å². The lowest BCUT2D eigenvalue weighted by Crippen LogP contribution is -2.39. The Morgan fingerprint density at radius 3 is 2.62 bits per heavy atom. The molecule has 3 heterocycles. The number of fused-ring (bicyclic) bond motifs is 1. The van der Waals surface area contributed by atoms with E-state index in [1.165, 1.54) is 0 Å². The molecule has 1 aromatic carbocycles. The van der Waals surface area contributed by atoms with E-state index in [9.17, 15) is 18.3 Å². The van der Waals surface area contributed by atoms with E-state index in [0.29, 0.717) is 34.5 Å². The van der Waals surface area contributed by atoms with Crippen molar-refractivity contribution in [1.82, 2.24) is 14.9 Å². The molecule has 1 aliphatic heterocycles. The standard InChI is InChI=1S/C20H21N5O2.C2HF3O2/c1-12-5-6-13(10-21)18(26)17(12)15-7-8-16-19(23-15)24-20(27-16)22-14-4-3-9-25(2)11-14;3-2(4,5)1(6)7/h5-8,14,26H,3-4,9,11H2,1-2H3,(H,22,23,24);(H,6,7)/t14-;/m1./s1. The monoisotopic (exact) mass is 477 g/mol. The topological polar surface area (TPSA) is 136 Å². The van der Waals surface area contributed by atoms with Gasteiger partial charge >= 0.3 is 12.1 Å². The first-order valence-electron chi connectivity index (χ1n) is 10.3. The second kappa shape index (κ2) is 9.96. The number of benzene rings is 1. The highest BCUT2D eigenvalue weighted by atomic mass is 19.4. The number of rotatable bonds is 3. The Morgan fingerprint density at radius 1 is 1.29 bits per heavy atom. The molecule has 0 amide bonds. The highest BCUT2D eigenvalue weighted by molar-refractivity contribution is 5.79. The Hall–Kier alpha value is -3.85. The van der Waals surface area contributed by atoms with Crippen LogP contribution in [0.15, 0.2) is 28.7 Å². The van der Waals surface area contributed by atoms with Gasteiger partial charge in [0, 0.05) is 18.2 Å². The second-order valence-corrected chi connectivity index (χ2v) is 7.85. The second-order valence-electron chi connectivity index (χ2n) is 7.85. The molecule has 1 saturated heterocycles. The average Bonchev–Trinajstić information content (AvgIpc) is 3.15. The quantitative estimate of drug-likeness (QED) is 0.513. The first-order valence-corrected chi connectivity index (χ1v) is 10.3. The first-order chi connectivity index (χ1) is 16.0. The summed E-state index contributed by atoms with van der Waals surface area (Å²) < 4.78 is 37.5. The molecule has 1 aliphatic rings. The minimum Gasteiger partial charge on any atom is -0.506 e. The Kier molecular flexibility index (Phi) is 7.26. The predicted molar refractivity (Wildman–Crippen MR) is 116 cm³/mol. The van der Waals surface area contributed by atoms with Gasteiger partial charge in [-0.25, -0.2) is 9.78 Å². The minimum absolute atomic E-state index is 0.0589. The number of nitriles is 1. The number of nitrogens with one attached hydrogen (secondary N) is 1. The lowest BCUT2D eigenvalue weighted by molar-refractivity contribution is -0.192. The number of carboxylic acids is 1. The number of phenolic OH excluding ortho intramolecular Hbond substituents is 1. The summed E-state index contributed by atoms with van der Waals surface area (Å²) in [7, 11) is 2.11. The smallest absolute Gasteiger partial charge is 0.490 e. The molecule has 0 bridgehead atoms. The number of pyridine rings is 1. The summed E-state index contributed by atoms with van der Waals surface area (Å²) in [5.41, 5.74) is 3.22. The van der Waals surface area contributed by atoms with Crippen LogP contribution in [-0.4, -0.2) is 63.4 Å². The van der Waals surface area contributed by atoms with Crippen molar-refractivity contribution in [2.24, 2.45) is 0 Å². The van der Waals surface area contributed by atoms with Crippen LogP contribution in [0.25, 0.3) is 22.5 Å². The van der Waals surface area contributed by atoms with Crippen molar-refractivity contribution in [2.45, 2.75) is 32.0 Å². The molecular formula is C22H22F3N5O4. The van der Waals surface area contributed by atoms with Crippen LogP contribution < -0.4 is 5.32 Å². The largest absolute Gasteiger partial charge is 0.506 e. The third kappa shape index (κ3) is 5.74. The van der Waals surface area contributed by atoms with Crippen LogP contribution in [0.2, 0.25) is 0 Å². The van der Waals surface area contributed by atoms with Gasteiger partial charge < -0.3 is 24.8 Å². The van der Waals surface area contributed by atoms with Crippen LogP contribution >= 0.6 is 0 Å². The molecule has 1 fully saturated rings. The molecule has 180 valence electrons. The Balaban J connectivity index is 0.000000406. The molecule has 0 radical (unpaired) electrons. The zero-order valence-electron chi connectivity index (χ0n) is 18.3. The number of likely N-dealkylation sites (N-methyl/N-ethyl adjacent to an activating group) is 1. The van der Waals surface area contributed by atoms with E-state index < -0.39 is 12.1 Å². The maximum atomic E-state index is 10.6. The fourth-order valence-corrected chi connectivity index (χ4v) is 3.58. The molecule has 0 saturated carbocycles. The van der Waals surface area contributed by atoms with Crippen LogP contribution in [0.1, 0.15) is 24.0 Å². The average molecular weight is 477 g/mol. The van der Waals surface area contributed by atoms with Gasteiger partial charge in [-0.2, -0.15) is 23.4 Å². The fraction of sp³-hybridized carbons (Fsp3) is 0.364.